The molecule has 7 heteroatoms. The van der Waals surface area contributed by atoms with Crippen molar-refractivity contribution in [2.75, 3.05) is 25.5 Å². The lowest BCUT2D eigenvalue weighted by Gasteiger charge is -2.22. The van der Waals surface area contributed by atoms with Crippen LogP contribution in [0.2, 0.25) is 0 Å². The summed E-state index contributed by atoms with van der Waals surface area (Å²) in [6.07, 6.45) is 0.640. The van der Waals surface area contributed by atoms with Crippen LogP contribution >= 0.6 is 11.5 Å². The van der Waals surface area contributed by atoms with E-state index in [1.54, 1.807) is 12.0 Å². The number of anilines is 1. The maximum Gasteiger partial charge on any atom is 0.237 e. The summed E-state index contributed by atoms with van der Waals surface area (Å²) in [7, 11) is 1.65. The molecular formula is C27H26N4O2S. The number of carbonyl (C=O) groups excluding carboxylic acids is 1. The van der Waals surface area contributed by atoms with Crippen molar-refractivity contribution in [2.45, 2.75) is 19.4 Å². The Morgan fingerprint density at radius 3 is 2.47 bits per heavy atom. The normalized spacial score (nSPS) is 10.6. The van der Waals surface area contributed by atoms with Crippen LogP contribution in [-0.2, 0) is 11.3 Å². The fraction of sp³-hybridized carbons (Fsp3) is 0.222. The number of amides is 1. The first kappa shape index (κ1) is 23.3. The van der Waals surface area contributed by atoms with Crippen molar-refractivity contribution in [3.8, 4) is 22.9 Å². The molecule has 1 heterocycles. The molecule has 4 aromatic rings. The van der Waals surface area contributed by atoms with E-state index < -0.39 is 0 Å². The van der Waals surface area contributed by atoms with Gasteiger partial charge in [-0.15, -0.1) is 0 Å². The van der Waals surface area contributed by atoms with Crippen molar-refractivity contribution in [3.05, 3.63) is 78.4 Å². The SMILES string of the molecule is COc1ccc(-c2ccc(CN(CCCNc3nsc4ccccc34)C(=O)CC#N)cc2)cc1. The Kier molecular flexibility index (Phi) is 7.74. The standard InChI is InChI=1S/C27H26N4O2S/c1-33-23-13-11-22(12-14-23)21-9-7-20(8-10-21)19-31(26(32)15-16-28)18-4-17-29-27-24-5-2-3-6-25(24)34-30-27/h2-3,5-14H,4,15,17-19H2,1H3,(H,29,30). The number of hydrogen-bond donors (Lipinski definition) is 1. The fourth-order valence-electron chi connectivity index (χ4n) is 3.77. The van der Waals surface area contributed by atoms with Gasteiger partial charge in [-0.1, -0.05) is 48.5 Å². The number of aromatic nitrogens is 1. The number of methoxy groups -OCH3 is 1. The zero-order valence-electron chi connectivity index (χ0n) is 19.0. The summed E-state index contributed by atoms with van der Waals surface area (Å²) in [5, 5.41) is 13.5. The third-order valence-electron chi connectivity index (χ3n) is 5.61. The van der Waals surface area contributed by atoms with E-state index >= 15 is 0 Å². The Balaban J connectivity index is 1.36. The molecule has 0 atom stereocenters. The number of hydrogen-bond acceptors (Lipinski definition) is 6. The summed E-state index contributed by atoms with van der Waals surface area (Å²) in [6, 6.07) is 26.2. The predicted octanol–water partition coefficient (Wildman–Crippen LogP) is 5.72. The van der Waals surface area contributed by atoms with Gasteiger partial charge in [0.25, 0.3) is 0 Å². The van der Waals surface area contributed by atoms with Gasteiger partial charge in [-0.3, -0.25) is 4.79 Å². The van der Waals surface area contributed by atoms with Crippen LogP contribution < -0.4 is 10.1 Å². The number of fused-ring (bicyclic) bond motifs is 1. The highest BCUT2D eigenvalue weighted by Crippen LogP contribution is 2.26. The van der Waals surface area contributed by atoms with Gasteiger partial charge in [0.1, 0.15) is 18.0 Å². The number of nitrogens with zero attached hydrogens (tertiary/aromatic N) is 3. The van der Waals surface area contributed by atoms with Crippen molar-refractivity contribution in [2.24, 2.45) is 0 Å². The Labute approximate surface area is 203 Å². The van der Waals surface area contributed by atoms with Crippen molar-refractivity contribution in [3.63, 3.8) is 0 Å². The van der Waals surface area contributed by atoms with Crippen LogP contribution in [0.5, 0.6) is 5.75 Å². The lowest BCUT2D eigenvalue weighted by atomic mass is 10.0. The van der Waals surface area contributed by atoms with Gasteiger partial charge in [-0.05, 0) is 58.9 Å². The number of ether oxygens (including phenoxy) is 1. The van der Waals surface area contributed by atoms with E-state index in [1.165, 1.54) is 11.5 Å². The molecule has 3 aromatic carbocycles. The summed E-state index contributed by atoms with van der Waals surface area (Å²) in [6.45, 7) is 1.74. The minimum atomic E-state index is -0.152. The molecule has 0 aliphatic heterocycles. The predicted molar refractivity (Wildman–Crippen MR) is 137 cm³/mol. The summed E-state index contributed by atoms with van der Waals surface area (Å²) < 4.78 is 10.9. The first-order valence-electron chi connectivity index (χ1n) is 11.1. The molecule has 0 radical (unpaired) electrons. The molecule has 0 saturated carbocycles. The van der Waals surface area contributed by atoms with Crippen LogP contribution in [0.3, 0.4) is 0 Å². The monoisotopic (exact) mass is 470 g/mol. The molecule has 0 spiro atoms. The van der Waals surface area contributed by atoms with Gasteiger partial charge in [0.05, 0.1) is 17.9 Å². The van der Waals surface area contributed by atoms with E-state index in [0.29, 0.717) is 19.6 Å². The average Bonchev–Trinajstić information content (AvgIpc) is 3.29. The number of nitrogens with one attached hydrogen (secondary N) is 1. The molecule has 172 valence electrons. The molecule has 0 saturated heterocycles. The molecule has 0 unspecified atom stereocenters. The van der Waals surface area contributed by atoms with Gasteiger partial charge in [-0.2, -0.15) is 9.64 Å². The first-order chi connectivity index (χ1) is 16.7. The topological polar surface area (TPSA) is 78.2 Å². The molecule has 1 N–H and O–H groups in total. The van der Waals surface area contributed by atoms with Crippen molar-refractivity contribution < 1.29 is 9.53 Å². The third-order valence-corrected chi connectivity index (χ3v) is 6.43. The lowest BCUT2D eigenvalue weighted by Crippen LogP contribution is -2.32. The summed E-state index contributed by atoms with van der Waals surface area (Å²) in [4.78, 5) is 14.3. The number of rotatable bonds is 10. The third kappa shape index (κ3) is 5.72. The van der Waals surface area contributed by atoms with E-state index in [2.05, 4.69) is 34.0 Å². The second kappa shape index (κ2) is 11.3. The van der Waals surface area contributed by atoms with Crippen molar-refractivity contribution in [1.29, 1.82) is 5.26 Å². The van der Waals surface area contributed by atoms with E-state index in [-0.39, 0.29) is 12.3 Å². The molecule has 1 aromatic heterocycles. The summed E-state index contributed by atoms with van der Waals surface area (Å²) in [5.41, 5.74) is 3.23. The second-order valence-electron chi connectivity index (χ2n) is 7.88. The number of nitriles is 1. The molecule has 34 heavy (non-hydrogen) atoms. The second-order valence-corrected chi connectivity index (χ2v) is 8.69. The van der Waals surface area contributed by atoms with Gasteiger partial charge in [0.15, 0.2) is 0 Å². The Bertz CT molecular complexity index is 1280. The molecule has 4 rings (SSSR count). The molecule has 1 amide bonds. The highest BCUT2D eigenvalue weighted by molar-refractivity contribution is 7.13. The van der Waals surface area contributed by atoms with Crippen LogP contribution in [0, 0.1) is 11.3 Å². The van der Waals surface area contributed by atoms with Gasteiger partial charge in [-0.25, -0.2) is 0 Å². The molecule has 0 fully saturated rings. The van der Waals surface area contributed by atoms with Gasteiger partial charge in [0.2, 0.25) is 5.91 Å². The smallest absolute Gasteiger partial charge is 0.237 e. The van der Waals surface area contributed by atoms with Crippen LogP contribution in [0.1, 0.15) is 18.4 Å². The van der Waals surface area contributed by atoms with Gasteiger partial charge >= 0.3 is 0 Å². The first-order valence-corrected chi connectivity index (χ1v) is 11.9. The van der Waals surface area contributed by atoms with Crippen molar-refractivity contribution >= 4 is 33.3 Å². The van der Waals surface area contributed by atoms with Crippen LogP contribution in [0.4, 0.5) is 5.82 Å². The maximum absolute atomic E-state index is 12.6. The molecule has 0 aliphatic rings. The summed E-state index contributed by atoms with van der Waals surface area (Å²) >= 11 is 1.47. The van der Waals surface area contributed by atoms with Gasteiger partial charge in [0, 0.05) is 25.0 Å². The summed E-state index contributed by atoms with van der Waals surface area (Å²) in [5.74, 6) is 1.55. The van der Waals surface area contributed by atoms with E-state index in [1.807, 2.05) is 54.6 Å². The van der Waals surface area contributed by atoms with E-state index in [9.17, 15) is 4.79 Å². The Hall–Kier alpha value is -3.89. The number of benzene rings is 3. The Morgan fingerprint density at radius 2 is 1.76 bits per heavy atom. The van der Waals surface area contributed by atoms with Crippen LogP contribution in [0.15, 0.2) is 72.8 Å². The molecule has 0 bridgehead atoms. The van der Waals surface area contributed by atoms with E-state index in [4.69, 9.17) is 10.00 Å². The number of carbonyl (C=O) groups is 1. The highest BCUT2D eigenvalue weighted by Gasteiger charge is 2.14. The minimum absolute atomic E-state index is 0.117. The minimum Gasteiger partial charge on any atom is -0.497 e. The molecule has 6 nitrogen and oxygen atoms in total. The van der Waals surface area contributed by atoms with Crippen molar-refractivity contribution in [1.82, 2.24) is 9.27 Å². The lowest BCUT2D eigenvalue weighted by molar-refractivity contribution is -0.130. The zero-order chi connectivity index (χ0) is 23.8. The molecule has 0 aliphatic carbocycles. The largest absolute Gasteiger partial charge is 0.497 e. The Morgan fingerprint density at radius 1 is 1.06 bits per heavy atom. The zero-order valence-corrected chi connectivity index (χ0v) is 19.8. The molecular weight excluding hydrogens is 444 g/mol. The van der Waals surface area contributed by atoms with Crippen LogP contribution in [0.25, 0.3) is 21.2 Å². The van der Waals surface area contributed by atoms with Gasteiger partial charge < -0.3 is 15.0 Å². The highest BCUT2D eigenvalue weighted by atomic mass is 32.1. The van der Waals surface area contributed by atoms with Crippen LogP contribution in [-0.4, -0.2) is 35.4 Å². The quantitative estimate of drug-likeness (QED) is 0.300. The maximum atomic E-state index is 12.6. The average molecular weight is 471 g/mol. The fourth-order valence-corrected chi connectivity index (χ4v) is 4.52. The van der Waals surface area contributed by atoms with E-state index in [0.717, 1.165) is 44.8 Å².